The summed E-state index contributed by atoms with van der Waals surface area (Å²) in [7, 11) is 5.59. The number of nitro groups is 1. The summed E-state index contributed by atoms with van der Waals surface area (Å²) in [5.74, 6) is 0.988. The van der Waals surface area contributed by atoms with E-state index in [0.717, 1.165) is 23.6 Å². The number of thioether (sulfide) groups is 1. The molecule has 0 atom stereocenters. The van der Waals surface area contributed by atoms with Crippen molar-refractivity contribution in [3.63, 3.8) is 0 Å². The maximum atomic E-state index is 13.1. The van der Waals surface area contributed by atoms with Gasteiger partial charge in [0.1, 0.15) is 5.75 Å². The predicted octanol–water partition coefficient (Wildman–Crippen LogP) is 4.29. The molecule has 0 aliphatic rings. The normalized spacial score (nSPS) is 11.1. The van der Waals surface area contributed by atoms with Gasteiger partial charge < -0.3 is 9.64 Å². The second kappa shape index (κ2) is 10.6. The Kier molecular flexibility index (Phi) is 7.83. The molecule has 0 aliphatic heterocycles. The van der Waals surface area contributed by atoms with Gasteiger partial charge in [-0.2, -0.15) is 0 Å². The van der Waals surface area contributed by atoms with Crippen LogP contribution in [0.4, 0.5) is 10.8 Å². The van der Waals surface area contributed by atoms with Gasteiger partial charge in [0.15, 0.2) is 5.13 Å². The van der Waals surface area contributed by atoms with Gasteiger partial charge in [0.05, 0.1) is 28.0 Å². The Bertz CT molecular complexity index is 1050. The fourth-order valence-electron chi connectivity index (χ4n) is 2.90. The van der Waals surface area contributed by atoms with Crippen LogP contribution >= 0.6 is 23.1 Å². The molecular formula is C21H24N4O4S2. The van der Waals surface area contributed by atoms with E-state index in [1.54, 1.807) is 18.1 Å². The first-order chi connectivity index (χ1) is 14.9. The zero-order chi connectivity index (χ0) is 22.4. The van der Waals surface area contributed by atoms with Crippen molar-refractivity contribution < 1.29 is 14.5 Å². The van der Waals surface area contributed by atoms with Crippen molar-refractivity contribution in [3.8, 4) is 5.75 Å². The molecule has 0 saturated heterocycles. The Morgan fingerprint density at radius 3 is 2.58 bits per heavy atom. The molecule has 3 aromatic rings. The first-order valence-corrected chi connectivity index (χ1v) is 11.4. The van der Waals surface area contributed by atoms with E-state index in [0.29, 0.717) is 21.9 Å². The highest BCUT2D eigenvalue weighted by molar-refractivity contribution is 8.00. The fraction of sp³-hybridized carbons (Fsp3) is 0.333. The first-order valence-electron chi connectivity index (χ1n) is 9.64. The molecule has 0 spiro atoms. The molecule has 0 unspecified atom stereocenters. The van der Waals surface area contributed by atoms with Crippen LogP contribution in [0.1, 0.15) is 6.42 Å². The van der Waals surface area contributed by atoms with E-state index < -0.39 is 4.92 Å². The number of anilines is 1. The molecule has 0 fully saturated rings. The molecule has 164 valence electrons. The Morgan fingerprint density at radius 1 is 1.19 bits per heavy atom. The average molecular weight is 461 g/mol. The van der Waals surface area contributed by atoms with Crippen LogP contribution in [0.2, 0.25) is 0 Å². The van der Waals surface area contributed by atoms with Gasteiger partial charge in [0.25, 0.3) is 5.69 Å². The zero-order valence-corrected chi connectivity index (χ0v) is 19.2. The molecule has 0 N–H and O–H groups in total. The number of nitrogens with zero attached hydrogens (tertiary/aromatic N) is 4. The minimum atomic E-state index is -0.426. The summed E-state index contributed by atoms with van der Waals surface area (Å²) in [5.41, 5.74) is 0.669. The average Bonchev–Trinajstić information content (AvgIpc) is 3.18. The van der Waals surface area contributed by atoms with Gasteiger partial charge in [-0.1, -0.05) is 11.3 Å². The van der Waals surface area contributed by atoms with Crippen LogP contribution in [0, 0.1) is 10.1 Å². The summed E-state index contributed by atoms with van der Waals surface area (Å²) in [5, 5.41) is 11.6. The molecule has 2 aromatic carbocycles. The third-order valence-electron chi connectivity index (χ3n) is 4.51. The van der Waals surface area contributed by atoms with Crippen molar-refractivity contribution in [2.75, 3.05) is 44.9 Å². The van der Waals surface area contributed by atoms with E-state index in [2.05, 4.69) is 9.88 Å². The van der Waals surface area contributed by atoms with E-state index in [4.69, 9.17) is 4.74 Å². The number of hydrogen-bond donors (Lipinski definition) is 0. The lowest BCUT2D eigenvalue weighted by atomic mass is 10.3. The molecule has 8 nitrogen and oxygen atoms in total. The molecule has 1 aromatic heterocycles. The quantitative estimate of drug-likeness (QED) is 0.253. The fourth-order valence-corrected chi connectivity index (χ4v) is 4.71. The van der Waals surface area contributed by atoms with Crippen LogP contribution < -0.4 is 9.64 Å². The van der Waals surface area contributed by atoms with Crippen molar-refractivity contribution >= 4 is 50.0 Å². The highest BCUT2D eigenvalue weighted by Crippen LogP contribution is 2.32. The molecule has 0 radical (unpaired) electrons. The molecule has 0 aliphatic carbocycles. The van der Waals surface area contributed by atoms with Crippen molar-refractivity contribution in [2.45, 2.75) is 11.3 Å². The Labute approximate surface area is 189 Å². The van der Waals surface area contributed by atoms with E-state index in [1.165, 1.54) is 35.2 Å². The molecule has 1 amide bonds. The highest BCUT2D eigenvalue weighted by atomic mass is 32.2. The second-order valence-electron chi connectivity index (χ2n) is 7.07. The van der Waals surface area contributed by atoms with Crippen LogP contribution in [-0.4, -0.2) is 60.8 Å². The van der Waals surface area contributed by atoms with Crippen LogP contribution in [0.15, 0.2) is 47.4 Å². The van der Waals surface area contributed by atoms with Gasteiger partial charge in [0.2, 0.25) is 5.91 Å². The van der Waals surface area contributed by atoms with Crippen LogP contribution in [-0.2, 0) is 4.79 Å². The molecule has 31 heavy (non-hydrogen) atoms. The van der Waals surface area contributed by atoms with Crippen LogP contribution in [0.25, 0.3) is 10.2 Å². The lowest BCUT2D eigenvalue weighted by molar-refractivity contribution is -0.384. The molecule has 1 heterocycles. The molecule has 0 bridgehead atoms. The van der Waals surface area contributed by atoms with Crippen LogP contribution in [0.3, 0.4) is 0 Å². The summed E-state index contributed by atoms with van der Waals surface area (Å²) >= 11 is 2.75. The largest absolute Gasteiger partial charge is 0.497 e. The number of hydrogen-bond acceptors (Lipinski definition) is 8. The molecule has 10 heteroatoms. The first kappa shape index (κ1) is 23.0. The minimum Gasteiger partial charge on any atom is -0.497 e. The van der Waals surface area contributed by atoms with Gasteiger partial charge >= 0.3 is 0 Å². The number of methoxy groups -OCH3 is 1. The smallest absolute Gasteiger partial charge is 0.270 e. The molecule has 3 rings (SSSR count). The van der Waals surface area contributed by atoms with Gasteiger partial charge in [-0.3, -0.25) is 19.8 Å². The Balaban J connectivity index is 1.78. The summed E-state index contributed by atoms with van der Waals surface area (Å²) < 4.78 is 5.86. The summed E-state index contributed by atoms with van der Waals surface area (Å²) in [6.45, 7) is 1.37. The minimum absolute atomic E-state index is 0.0169. The van der Waals surface area contributed by atoms with Crippen molar-refractivity contribution in [1.29, 1.82) is 0 Å². The number of nitro benzene ring substituents is 1. The third-order valence-corrected chi connectivity index (χ3v) is 6.55. The number of fused-ring (bicyclic) bond motifs is 1. The number of ether oxygens (including phenoxy) is 1. The number of carbonyl (C=O) groups is 1. The third kappa shape index (κ3) is 6.16. The second-order valence-corrected chi connectivity index (χ2v) is 9.13. The number of benzene rings is 2. The lowest BCUT2D eigenvalue weighted by Gasteiger charge is -2.21. The number of aromatic nitrogens is 1. The molecule has 0 saturated carbocycles. The highest BCUT2D eigenvalue weighted by Gasteiger charge is 2.21. The lowest BCUT2D eigenvalue weighted by Crippen LogP contribution is -2.34. The summed E-state index contributed by atoms with van der Waals surface area (Å²) in [6.07, 6.45) is 0.794. The van der Waals surface area contributed by atoms with E-state index in [-0.39, 0.29) is 17.3 Å². The van der Waals surface area contributed by atoms with Crippen molar-refractivity contribution in [3.05, 3.63) is 52.6 Å². The zero-order valence-electron chi connectivity index (χ0n) is 17.6. The van der Waals surface area contributed by atoms with E-state index in [1.807, 2.05) is 38.4 Å². The maximum absolute atomic E-state index is 13.1. The summed E-state index contributed by atoms with van der Waals surface area (Å²) in [4.78, 5) is 33.0. The predicted molar refractivity (Wildman–Crippen MR) is 126 cm³/mol. The van der Waals surface area contributed by atoms with Crippen molar-refractivity contribution in [1.82, 2.24) is 9.88 Å². The monoisotopic (exact) mass is 460 g/mol. The van der Waals surface area contributed by atoms with Gasteiger partial charge in [0, 0.05) is 23.6 Å². The standard InChI is InChI=1S/C21H24N4O4S2/c1-23(2)11-4-12-24(20(26)14-30-17-8-6-16(29-3)7-9-17)21-22-18-10-5-15(25(27)28)13-19(18)31-21/h5-10,13H,4,11-12,14H2,1-3H3. The maximum Gasteiger partial charge on any atom is 0.270 e. The van der Waals surface area contributed by atoms with E-state index in [9.17, 15) is 14.9 Å². The van der Waals surface area contributed by atoms with Gasteiger partial charge in [-0.15, -0.1) is 11.8 Å². The van der Waals surface area contributed by atoms with Crippen LogP contribution in [0.5, 0.6) is 5.75 Å². The Hall–Kier alpha value is -2.69. The number of non-ortho nitro benzene ring substituents is 1. The van der Waals surface area contributed by atoms with Gasteiger partial charge in [-0.05, 0) is 57.4 Å². The summed E-state index contributed by atoms with van der Waals surface area (Å²) in [6, 6.07) is 12.1. The molecular weight excluding hydrogens is 436 g/mol. The topological polar surface area (TPSA) is 88.8 Å². The van der Waals surface area contributed by atoms with Gasteiger partial charge in [-0.25, -0.2) is 4.98 Å². The van der Waals surface area contributed by atoms with E-state index >= 15 is 0 Å². The number of rotatable bonds is 10. The Morgan fingerprint density at radius 2 is 1.94 bits per heavy atom. The SMILES string of the molecule is COc1ccc(SCC(=O)N(CCCN(C)C)c2nc3ccc([N+](=O)[O-])cc3s2)cc1. The van der Waals surface area contributed by atoms with Crippen molar-refractivity contribution in [2.24, 2.45) is 0 Å². The number of thiazole rings is 1. The number of amides is 1. The number of carbonyl (C=O) groups excluding carboxylic acids is 1.